The van der Waals surface area contributed by atoms with Gasteiger partial charge in [0.2, 0.25) is 0 Å². The Morgan fingerprint density at radius 1 is 1.14 bits per heavy atom. The van der Waals surface area contributed by atoms with Gasteiger partial charge < -0.3 is 20.3 Å². The first-order valence-electron chi connectivity index (χ1n) is 10.8. The summed E-state index contributed by atoms with van der Waals surface area (Å²) in [4.78, 5) is 24.2. The molecule has 0 aliphatic carbocycles. The number of likely N-dealkylation sites (tertiary alicyclic amines) is 1. The van der Waals surface area contributed by atoms with Crippen LogP contribution in [0.3, 0.4) is 0 Å². The quantitative estimate of drug-likeness (QED) is 0.332. The van der Waals surface area contributed by atoms with E-state index in [1.165, 1.54) is 13.1 Å². The van der Waals surface area contributed by atoms with Crippen molar-refractivity contribution in [3.05, 3.63) is 0 Å². The van der Waals surface area contributed by atoms with Crippen molar-refractivity contribution in [1.29, 1.82) is 0 Å². The Hall–Kier alpha value is -0.810. The molecule has 2 N–H and O–H groups in total. The normalized spacial score (nSPS) is 29.8. The summed E-state index contributed by atoms with van der Waals surface area (Å²) in [5.74, 6) is 0.858. The van der Waals surface area contributed by atoms with Crippen LogP contribution < -0.4 is 10.6 Å². The van der Waals surface area contributed by atoms with E-state index in [2.05, 4.69) is 27.4 Å². The van der Waals surface area contributed by atoms with Crippen molar-refractivity contribution in [1.82, 2.24) is 25.3 Å². The second-order valence-electron chi connectivity index (χ2n) is 9.12. The summed E-state index contributed by atoms with van der Waals surface area (Å²) >= 11 is 0. The molecule has 168 valence electrons. The van der Waals surface area contributed by atoms with Crippen molar-refractivity contribution >= 4 is 36.0 Å². The van der Waals surface area contributed by atoms with Crippen LogP contribution in [0.25, 0.3) is 0 Å². The fourth-order valence-corrected chi connectivity index (χ4v) is 4.20. The largest absolute Gasteiger partial charge is 0.444 e. The van der Waals surface area contributed by atoms with Crippen LogP contribution in [0.15, 0.2) is 4.99 Å². The van der Waals surface area contributed by atoms with Crippen LogP contribution in [0.4, 0.5) is 4.79 Å². The summed E-state index contributed by atoms with van der Waals surface area (Å²) in [5.41, 5.74) is -0.460. The van der Waals surface area contributed by atoms with Crippen molar-refractivity contribution in [3.63, 3.8) is 0 Å². The molecule has 0 aromatic rings. The van der Waals surface area contributed by atoms with E-state index in [9.17, 15) is 4.79 Å². The van der Waals surface area contributed by atoms with E-state index in [1.54, 1.807) is 0 Å². The third kappa shape index (κ3) is 7.43. The minimum atomic E-state index is -0.460. The molecule has 4 aliphatic rings. The maximum atomic E-state index is 12.4. The van der Waals surface area contributed by atoms with Gasteiger partial charge in [-0.15, -0.1) is 24.0 Å². The van der Waals surface area contributed by atoms with Crippen LogP contribution in [-0.2, 0) is 4.74 Å². The van der Waals surface area contributed by atoms with E-state index < -0.39 is 5.60 Å². The molecule has 2 bridgehead atoms. The number of nitrogens with zero attached hydrogens (tertiary/aromatic N) is 4. The number of amides is 1. The third-order valence-corrected chi connectivity index (χ3v) is 5.61. The highest BCUT2D eigenvalue weighted by Gasteiger charge is 2.32. The molecule has 0 spiro atoms. The van der Waals surface area contributed by atoms with Gasteiger partial charge in [0.15, 0.2) is 5.96 Å². The van der Waals surface area contributed by atoms with Gasteiger partial charge in [0.05, 0.1) is 6.54 Å². The Morgan fingerprint density at radius 3 is 2.45 bits per heavy atom. The zero-order valence-electron chi connectivity index (χ0n) is 18.4. The van der Waals surface area contributed by atoms with E-state index in [1.807, 2.05) is 25.7 Å². The van der Waals surface area contributed by atoms with Gasteiger partial charge in [0.25, 0.3) is 0 Å². The minimum absolute atomic E-state index is 0. The number of aliphatic imine (C=N–C) groups is 1. The molecule has 8 nitrogen and oxygen atoms in total. The van der Waals surface area contributed by atoms with E-state index in [0.717, 1.165) is 58.1 Å². The zero-order valence-corrected chi connectivity index (χ0v) is 20.8. The molecule has 0 radical (unpaired) electrons. The molecule has 0 saturated carbocycles. The first-order valence-corrected chi connectivity index (χ1v) is 10.8. The Balaban J connectivity index is 0.00000300. The van der Waals surface area contributed by atoms with Crippen LogP contribution >= 0.6 is 24.0 Å². The predicted octanol–water partition coefficient (Wildman–Crippen LogP) is 1.56. The van der Waals surface area contributed by atoms with Crippen LogP contribution in [0, 0.1) is 0 Å². The summed E-state index contributed by atoms with van der Waals surface area (Å²) in [6.45, 7) is 16.7. The number of piperidine rings is 1. The number of guanidine groups is 1. The summed E-state index contributed by atoms with van der Waals surface area (Å²) in [5, 5.41) is 6.91. The molecule has 4 fully saturated rings. The standard InChI is InChI=1S/C20H38N6O2.HI/c1-5-21-18(22-13-17-15-24-9-11-25(17)12-10-24)23-16-7-6-8-26(14-16)19(27)28-20(2,3)4;/h16-17H,5-15H2,1-4H3,(H2,21,22,23);1H. The second kappa shape index (κ2) is 11.0. The Kier molecular flexibility index (Phi) is 9.27. The zero-order chi connectivity index (χ0) is 20.1. The van der Waals surface area contributed by atoms with Gasteiger partial charge in [-0.3, -0.25) is 14.8 Å². The van der Waals surface area contributed by atoms with Crippen molar-refractivity contribution in [2.75, 3.05) is 58.9 Å². The molecular formula is C20H39IN6O2. The van der Waals surface area contributed by atoms with Gasteiger partial charge in [-0.25, -0.2) is 4.79 Å². The van der Waals surface area contributed by atoms with E-state index >= 15 is 0 Å². The second-order valence-corrected chi connectivity index (χ2v) is 9.12. The number of hydrogen-bond donors (Lipinski definition) is 2. The van der Waals surface area contributed by atoms with Crippen LogP contribution in [0.5, 0.6) is 0 Å². The van der Waals surface area contributed by atoms with Gasteiger partial charge in [0.1, 0.15) is 5.60 Å². The number of carbonyl (C=O) groups is 1. The number of halogens is 1. The number of ether oxygens (including phenoxy) is 1. The highest BCUT2D eigenvalue weighted by molar-refractivity contribution is 14.0. The maximum Gasteiger partial charge on any atom is 0.410 e. The lowest BCUT2D eigenvalue weighted by molar-refractivity contribution is 0.0173. The lowest BCUT2D eigenvalue weighted by Gasteiger charge is -2.47. The third-order valence-electron chi connectivity index (χ3n) is 5.61. The lowest BCUT2D eigenvalue weighted by atomic mass is 10.1. The molecule has 2 unspecified atom stereocenters. The fourth-order valence-electron chi connectivity index (χ4n) is 4.20. The molecule has 4 rings (SSSR count). The molecule has 4 aliphatic heterocycles. The number of fused-ring (bicyclic) bond motifs is 3. The number of hydrogen-bond acceptors (Lipinski definition) is 5. The van der Waals surface area contributed by atoms with Crippen LogP contribution in [0.2, 0.25) is 0 Å². The predicted molar refractivity (Wildman–Crippen MR) is 127 cm³/mol. The maximum absolute atomic E-state index is 12.4. The SMILES string of the molecule is CCNC(=NCC1CN2CCN1CC2)NC1CCCN(C(=O)OC(C)(C)C)C1.I. The monoisotopic (exact) mass is 522 g/mol. The molecule has 0 aromatic carbocycles. The molecule has 1 amide bonds. The average molecular weight is 522 g/mol. The van der Waals surface area contributed by atoms with Crippen molar-refractivity contribution in [2.24, 2.45) is 4.99 Å². The molecule has 4 saturated heterocycles. The van der Waals surface area contributed by atoms with E-state index in [-0.39, 0.29) is 36.1 Å². The molecule has 9 heteroatoms. The topological polar surface area (TPSA) is 72.4 Å². The molecule has 2 atom stereocenters. The highest BCUT2D eigenvalue weighted by atomic mass is 127. The van der Waals surface area contributed by atoms with Gasteiger partial charge in [0, 0.05) is 64.4 Å². The van der Waals surface area contributed by atoms with Gasteiger partial charge in [-0.1, -0.05) is 0 Å². The lowest BCUT2D eigenvalue weighted by Crippen LogP contribution is -2.62. The number of nitrogens with one attached hydrogen (secondary N) is 2. The summed E-state index contributed by atoms with van der Waals surface area (Å²) in [6.07, 6.45) is 1.79. The molecule has 29 heavy (non-hydrogen) atoms. The Bertz CT molecular complexity index is 560. The van der Waals surface area contributed by atoms with E-state index in [4.69, 9.17) is 9.73 Å². The van der Waals surface area contributed by atoms with Crippen LogP contribution in [-0.4, -0.2) is 103 Å². The Labute approximate surface area is 192 Å². The van der Waals surface area contributed by atoms with Gasteiger partial charge in [-0.05, 0) is 40.5 Å². The summed E-state index contributed by atoms with van der Waals surface area (Å²) < 4.78 is 5.54. The van der Waals surface area contributed by atoms with Crippen molar-refractivity contribution in [2.45, 2.75) is 58.2 Å². The first-order chi connectivity index (χ1) is 13.3. The molecule has 4 heterocycles. The smallest absolute Gasteiger partial charge is 0.410 e. The Morgan fingerprint density at radius 2 is 1.86 bits per heavy atom. The van der Waals surface area contributed by atoms with E-state index in [0.29, 0.717) is 12.6 Å². The molecule has 0 aromatic heterocycles. The van der Waals surface area contributed by atoms with Crippen molar-refractivity contribution in [3.8, 4) is 0 Å². The summed E-state index contributed by atoms with van der Waals surface area (Å²) in [6, 6.07) is 0.716. The summed E-state index contributed by atoms with van der Waals surface area (Å²) in [7, 11) is 0. The fraction of sp³-hybridized carbons (Fsp3) is 0.900. The number of carbonyl (C=O) groups excluding carboxylic acids is 1. The number of rotatable bonds is 4. The number of piperazine rings is 3. The van der Waals surface area contributed by atoms with Crippen molar-refractivity contribution < 1.29 is 9.53 Å². The highest BCUT2D eigenvalue weighted by Crippen LogP contribution is 2.17. The van der Waals surface area contributed by atoms with Gasteiger partial charge in [-0.2, -0.15) is 0 Å². The first kappa shape index (κ1) is 24.5. The average Bonchev–Trinajstić information content (AvgIpc) is 2.66. The minimum Gasteiger partial charge on any atom is -0.444 e. The van der Waals surface area contributed by atoms with Gasteiger partial charge >= 0.3 is 6.09 Å². The van der Waals surface area contributed by atoms with Crippen LogP contribution in [0.1, 0.15) is 40.5 Å². The molecular weight excluding hydrogens is 483 g/mol.